The van der Waals surface area contributed by atoms with Gasteiger partial charge < -0.3 is 19.5 Å². The zero-order valence-electron chi connectivity index (χ0n) is 15.7. The monoisotopic (exact) mass is 355 g/mol. The molecule has 0 fully saturated rings. The number of nitrogens with one attached hydrogen (secondary N) is 1. The molecule has 0 unspecified atom stereocenters. The van der Waals surface area contributed by atoms with E-state index in [9.17, 15) is 4.79 Å². The molecule has 2 aromatic carbocycles. The Kier molecular flexibility index (Phi) is 5.07. The Balaban J connectivity index is 1.55. The Hall–Kier alpha value is -2.69. The van der Waals surface area contributed by atoms with Crippen LogP contribution in [0.25, 0.3) is 0 Å². The molecule has 26 heavy (non-hydrogen) atoms. The van der Waals surface area contributed by atoms with Gasteiger partial charge in [0.1, 0.15) is 5.75 Å². The fourth-order valence-electron chi connectivity index (χ4n) is 2.98. The van der Waals surface area contributed by atoms with Crippen LogP contribution in [-0.4, -0.2) is 19.3 Å². The van der Waals surface area contributed by atoms with Crippen LogP contribution in [0, 0.1) is 13.8 Å². The predicted octanol–water partition coefficient (Wildman–Crippen LogP) is 3.85. The molecule has 1 aliphatic rings. The standard InChI is InChI=1S/C21H25NO4/c1-14-5-7-17(15(2)11-14)24-10-9-20(23)22-21(3,4)16-6-8-18-19(12-16)26-13-25-18/h5-8,11-12H,9-10,13H2,1-4H3,(H,22,23). The van der Waals surface area contributed by atoms with Crippen molar-refractivity contribution in [1.82, 2.24) is 5.32 Å². The van der Waals surface area contributed by atoms with Gasteiger partial charge in [-0.15, -0.1) is 0 Å². The van der Waals surface area contributed by atoms with Crippen molar-refractivity contribution in [2.24, 2.45) is 0 Å². The second kappa shape index (κ2) is 7.28. The van der Waals surface area contributed by atoms with Crippen molar-refractivity contribution in [2.45, 2.75) is 39.7 Å². The average Bonchev–Trinajstić information content (AvgIpc) is 3.04. The lowest BCUT2D eigenvalue weighted by Gasteiger charge is -2.27. The van der Waals surface area contributed by atoms with Crippen molar-refractivity contribution in [3.8, 4) is 17.2 Å². The molecule has 1 heterocycles. The van der Waals surface area contributed by atoms with E-state index in [1.807, 2.05) is 58.0 Å². The largest absolute Gasteiger partial charge is 0.493 e. The number of fused-ring (bicyclic) bond motifs is 1. The van der Waals surface area contributed by atoms with Crippen LogP contribution in [0.3, 0.4) is 0 Å². The molecule has 0 spiro atoms. The van der Waals surface area contributed by atoms with Crippen LogP contribution in [0.5, 0.6) is 17.2 Å². The van der Waals surface area contributed by atoms with Crippen LogP contribution in [-0.2, 0) is 10.3 Å². The smallest absolute Gasteiger partial charge is 0.231 e. The fourth-order valence-corrected chi connectivity index (χ4v) is 2.98. The molecule has 2 aromatic rings. The molecule has 0 atom stereocenters. The first-order valence-electron chi connectivity index (χ1n) is 8.76. The number of hydrogen-bond acceptors (Lipinski definition) is 4. The first kappa shape index (κ1) is 18.1. The van der Waals surface area contributed by atoms with Crippen LogP contribution >= 0.6 is 0 Å². The lowest BCUT2D eigenvalue weighted by atomic mass is 9.93. The summed E-state index contributed by atoms with van der Waals surface area (Å²) in [5, 5.41) is 3.06. The van der Waals surface area contributed by atoms with E-state index in [2.05, 4.69) is 11.4 Å². The lowest BCUT2D eigenvalue weighted by Crippen LogP contribution is -2.41. The number of aryl methyl sites for hydroxylation is 2. The molecule has 5 heteroatoms. The maximum atomic E-state index is 12.3. The molecule has 138 valence electrons. The quantitative estimate of drug-likeness (QED) is 0.855. The van der Waals surface area contributed by atoms with E-state index in [1.54, 1.807) is 0 Å². The summed E-state index contributed by atoms with van der Waals surface area (Å²) in [7, 11) is 0. The van der Waals surface area contributed by atoms with E-state index in [-0.39, 0.29) is 12.7 Å². The topological polar surface area (TPSA) is 56.8 Å². The molecular weight excluding hydrogens is 330 g/mol. The minimum atomic E-state index is -0.516. The van der Waals surface area contributed by atoms with Crippen molar-refractivity contribution in [1.29, 1.82) is 0 Å². The van der Waals surface area contributed by atoms with Gasteiger partial charge in [-0.2, -0.15) is 0 Å². The first-order valence-corrected chi connectivity index (χ1v) is 8.76. The number of carbonyl (C=O) groups excluding carboxylic acids is 1. The van der Waals surface area contributed by atoms with Gasteiger partial charge in [0.25, 0.3) is 0 Å². The lowest BCUT2D eigenvalue weighted by molar-refractivity contribution is -0.123. The number of carbonyl (C=O) groups is 1. The van der Waals surface area contributed by atoms with Crippen molar-refractivity contribution in [2.75, 3.05) is 13.4 Å². The highest BCUT2D eigenvalue weighted by Crippen LogP contribution is 2.35. The maximum Gasteiger partial charge on any atom is 0.231 e. The van der Waals surface area contributed by atoms with Crippen molar-refractivity contribution in [3.05, 3.63) is 53.1 Å². The van der Waals surface area contributed by atoms with Gasteiger partial charge in [-0.25, -0.2) is 0 Å². The minimum absolute atomic E-state index is 0.0579. The Morgan fingerprint density at radius 2 is 1.88 bits per heavy atom. The number of hydrogen-bond donors (Lipinski definition) is 1. The van der Waals surface area contributed by atoms with Crippen LogP contribution in [0.4, 0.5) is 0 Å². The fraction of sp³-hybridized carbons (Fsp3) is 0.381. The number of amides is 1. The van der Waals surface area contributed by atoms with Crippen molar-refractivity contribution < 1.29 is 19.0 Å². The van der Waals surface area contributed by atoms with Crippen LogP contribution in [0.15, 0.2) is 36.4 Å². The van der Waals surface area contributed by atoms with Gasteiger partial charge in [0.15, 0.2) is 11.5 Å². The highest BCUT2D eigenvalue weighted by Gasteiger charge is 2.25. The molecule has 0 aliphatic carbocycles. The summed E-state index contributed by atoms with van der Waals surface area (Å²) in [6, 6.07) is 11.7. The molecule has 1 amide bonds. The molecule has 0 radical (unpaired) electrons. The third-order valence-corrected chi connectivity index (χ3v) is 4.46. The summed E-state index contributed by atoms with van der Waals surface area (Å²) in [4.78, 5) is 12.3. The van der Waals surface area contributed by atoms with E-state index in [0.717, 1.165) is 22.6 Å². The van der Waals surface area contributed by atoms with Gasteiger partial charge in [0, 0.05) is 0 Å². The summed E-state index contributed by atoms with van der Waals surface area (Å²) >= 11 is 0. The van der Waals surface area contributed by atoms with E-state index in [4.69, 9.17) is 14.2 Å². The van der Waals surface area contributed by atoms with Gasteiger partial charge >= 0.3 is 0 Å². The molecular formula is C21H25NO4. The molecule has 0 bridgehead atoms. The summed E-state index contributed by atoms with van der Waals surface area (Å²) in [5.74, 6) is 2.21. The van der Waals surface area contributed by atoms with Gasteiger partial charge in [-0.3, -0.25) is 4.79 Å². The second-order valence-electron chi connectivity index (χ2n) is 7.11. The zero-order valence-corrected chi connectivity index (χ0v) is 15.7. The van der Waals surface area contributed by atoms with Gasteiger partial charge in [0.2, 0.25) is 12.7 Å². The van der Waals surface area contributed by atoms with Crippen molar-refractivity contribution in [3.63, 3.8) is 0 Å². The highest BCUT2D eigenvalue weighted by atomic mass is 16.7. The van der Waals surface area contributed by atoms with E-state index >= 15 is 0 Å². The molecule has 0 saturated heterocycles. The van der Waals surface area contributed by atoms with E-state index < -0.39 is 5.54 Å². The SMILES string of the molecule is Cc1ccc(OCCC(=O)NC(C)(C)c2ccc3c(c2)OCO3)c(C)c1. The van der Waals surface area contributed by atoms with E-state index in [0.29, 0.717) is 18.8 Å². The Bertz CT molecular complexity index is 814. The third-order valence-electron chi connectivity index (χ3n) is 4.46. The summed E-state index contributed by atoms with van der Waals surface area (Å²) < 4.78 is 16.5. The average molecular weight is 355 g/mol. The zero-order chi connectivity index (χ0) is 18.7. The summed E-state index contributed by atoms with van der Waals surface area (Å²) in [6.07, 6.45) is 0.293. The number of benzene rings is 2. The van der Waals surface area contributed by atoms with E-state index in [1.165, 1.54) is 5.56 Å². The molecule has 0 aromatic heterocycles. The number of rotatable bonds is 6. The van der Waals surface area contributed by atoms with Crippen LogP contribution in [0.2, 0.25) is 0 Å². The van der Waals surface area contributed by atoms with Crippen LogP contribution < -0.4 is 19.5 Å². The summed E-state index contributed by atoms with van der Waals surface area (Å²) in [5.41, 5.74) is 2.72. The Labute approximate surface area is 154 Å². The van der Waals surface area contributed by atoms with Gasteiger partial charge in [0.05, 0.1) is 18.6 Å². The Morgan fingerprint density at radius 3 is 2.65 bits per heavy atom. The predicted molar refractivity (Wildman–Crippen MR) is 99.8 cm³/mol. The maximum absolute atomic E-state index is 12.3. The summed E-state index contributed by atoms with van der Waals surface area (Å²) in [6.45, 7) is 8.56. The molecule has 0 saturated carbocycles. The third kappa shape index (κ3) is 4.10. The molecule has 3 rings (SSSR count). The number of ether oxygens (including phenoxy) is 3. The second-order valence-corrected chi connectivity index (χ2v) is 7.11. The molecule has 1 N–H and O–H groups in total. The molecule has 1 aliphatic heterocycles. The van der Waals surface area contributed by atoms with Crippen LogP contribution in [0.1, 0.15) is 37.0 Å². The highest BCUT2D eigenvalue weighted by molar-refractivity contribution is 5.77. The minimum Gasteiger partial charge on any atom is -0.493 e. The van der Waals surface area contributed by atoms with Gasteiger partial charge in [-0.05, 0) is 57.0 Å². The normalized spacial score (nSPS) is 12.8. The first-order chi connectivity index (χ1) is 12.3. The van der Waals surface area contributed by atoms with Crippen molar-refractivity contribution >= 4 is 5.91 Å². The van der Waals surface area contributed by atoms with Gasteiger partial charge in [-0.1, -0.05) is 23.8 Å². The molecule has 5 nitrogen and oxygen atoms in total. The Morgan fingerprint density at radius 1 is 1.12 bits per heavy atom.